The summed E-state index contributed by atoms with van der Waals surface area (Å²) in [4.78, 5) is 22.9. The summed E-state index contributed by atoms with van der Waals surface area (Å²) in [5, 5.41) is 2.37. The van der Waals surface area contributed by atoms with Crippen molar-refractivity contribution < 1.29 is 23.1 Å². The monoisotopic (exact) mass is 271 g/mol. The fraction of sp³-hybridized carbons (Fsp3) is 0.385. The van der Waals surface area contributed by atoms with Crippen LogP contribution in [0, 0.1) is 11.6 Å². The highest BCUT2D eigenvalue weighted by molar-refractivity contribution is 5.85. The Kier molecular flexibility index (Phi) is 5.41. The van der Waals surface area contributed by atoms with Crippen LogP contribution in [0.25, 0.3) is 0 Å². The van der Waals surface area contributed by atoms with Gasteiger partial charge in [0.2, 0.25) is 5.91 Å². The second-order valence-electron chi connectivity index (χ2n) is 3.93. The van der Waals surface area contributed by atoms with E-state index in [9.17, 15) is 18.4 Å². The molecule has 0 aliphatic rings. The van der Waals surface area contributed by atoms with E-state index in [1.807, 2.05) is 0 Å². The normalized spacial score (nSPS) is 11.8. The van der Waals surface area contributed by atoms with Gasteiger partial charge in [0.1, 0.15) is 17.7 Å². The van der Waals surface area contributed by atoms with Crippen molar-refractivity contribution in [3.8, 4) is 0 Å². The summed E-state index contributed by atoms with van der Waals surface area (Å²) in [6.07, 6.45) is -0.135. The fourth-order valence-corrected chi connectivity index (χ4v) is 1.58. The molecule has 19 heavy (non-hydrogen) atoms. The number of hydrogen-bond acceptors (Lipinski definition) is 3. The second-order valence-corrected chi connectivity index (χ2v) is 3.93. The first-order chi connectivity index (χ1) is 8.99. The zero-order chi connectivity index (χ0) is 14.4. The predicted octanol–water partition coefficient (Wildman–Crippen LogP) is 1.58. The van der Waals surface area contributed by atoms with Gasteiger partial charge in [0, 0.05) is 5.56 Å². The summed E-state index contributed by atoms with van der Waals surface area (Å²) in [6.45, 7) is 1.69. The molecular formula is C13H15F2NO3. The van der Waals surface area contributed by atoms with E-state index < -0.39 is 36.0 Å². The number of halogens is 2. The van der Waals surface area contributed by atoms with Crippen LogP contribution in [0.3, 0.4) is 0 Å². The van der Waals surface area contributed by atoms with Gasteiger partial charge >= 0.3 is 5.97 Å². The number of nitrogens with one attached hydrogen (secondary N) is 1. The lowest BCUT2D eigenvalue weighted by Gasteiger charge is -2.14. The highest BCUT2D eigenvalue weighted by Gasteiger charge is 2.21. The number of carbonyl (C=O) groups excluding carboxylic acids is 2. The molecule has 0 bridgehead atoms. The number of ether oxygens (including phenoxy) is 1. The molecule has 0 aromatic heterocycles. The molecule has 1 rings (SSSR count). The van der Waals surface area contributed by atoms with Gasteiger partial charge in [-0.2, -0.15) is 0 Å². The van der Waals surface area contributed by atoms with Crippen LogP contribution in [0.5, 0.6) is 0 Å². The standard InChI is InChI=1S/C13H15F2NO3/c1-3-11(13(18)19-2)16-12(17)7-8-9(14)5-4-6-10(8)15/h4-6,11H,3,7H2,1-2H3,(H,16,17)/t11-/m1/s1. The van der Waals surface area contributed by atoms with E-state index in [-0.39, 0.29) is 5.56 Å². The second kappa shape index (κ2) is 6.82. The topological polar surface area (TPSA) is 55.4 Å². The summed E-state index contributed by atoms with van der Waals surface area (Å²) in [7, 11) is 1.20. The first kappa shape index (κ1) is 15.1. The maximum Gasteiger partial charge on any atom is 0.328 e. The maximum atomic E-state index is 13.3. The van der Waals surface area contributed by atoms with E-state index in [2.05, 4.69) is 10.1 Å². The average Bonchev–Trinajstić information content (AvgIpc) is 2.39. The van der Waals surface area contributed by atoms with Gasteiger partial charge in [-0.05, 0) is 18.6 Å². The van der Waals surface area contributed by atoms with Gasteiger partial charge in [-0.25, -0.2) is 13.6 Å². The Hall–Kier alpha value is -1.98. The van der Waals surface area contributed by atoms with E-state index >= 15 is 0 Å². The molecule has 1 atom stereocenters. The van der Waals surface area contributed by atoms with Gasteiger partial charge in [0.05, 0.1) is 13.5 Å². The largest absolute Gasteiger partial charge is 0.467 e. The Morgan fingerprint density at radius 1 is 1.32 bits per heavy atom. The van der Waals surface area contributed by atoms with Crippen LogP contribution >= 0.6 is 0 Å². The summed E-state index contributed by atoms with van der Waals surface area (Å²) in [5.41, 5.74) is -0.320. The van der Waals surface area contributed by atoms with E-state index in [4.69, 9.17) is 0 Å². The van der Waals surface area contributed by atoms with Crippen molar-refractivity contribution in [2.24, 2.45) is 0 Å². The lowest BCUT2D eigenvalue weighted by molar-refractivity contribution is -0.145. The van der Waals surface area contributed by atoms with E-state index in [0.717, 1.165) is 12.1 Å². The van der Waals surface area contributed by atoms with Crippen molar-refractivity contribution in [3.63, 3.8) is 0 Å². The van der Waals surface area contributed by atoms with E-state index in [1.165, 1.54) is 13.2 Å². The minimum atomic E-state index is -0.813. The van der Waals surface area contributed by atoms with Crippen LogP contribution in [0.2, 0.25) is 0 Å². The number of benzene rings is 1. The third kappa shape index (κ3) is 4.01. The quantitative estimate of drug-likeness (QED) is 0.827. The number of methoxy groups -OCH3 is 1. The minimum absolute atomic E-state index is 0.320. The zero-order valence-corrected chi connectivity index (χ0v) is 10.7. The summed E-state index contributed by atoms with van der Waals surface area (Å²) in [5.74, 6) is -2.81. The van der Waals surface area contributed by atoms with Crippen LogP contribution in [0.1, 0.15) is 18.9 Å². The van der Waals surface area contributed by atoms with Gasteiger partial charge in [0.25, 0.3) is 0 Å². The fourth-order valence-electron chi connectivity index (χ4n) is 1.58. The summed E-state index contributed by atoms with van der Waals surface area (Å²) >= 11 is 0. The highest BCUT2D eigenvalue weighted by Crippen LogP contribution is 2.12. The Labute approximate surface area is 109 Å². The van der Waals surface area contributed by atoms with Crippen LogP contribution in [-0.2, 0) is 20.7 Å². The molecule has 1 aromatic rings. The summed E-state index contributed by atoms with van der Waals surface area (Å²) < 4.78 is 31.2. The highest BCUT2D eigenvalue weighted by atomic mass is 19.1. The van der Waals surface area contributed by atoms with E-state index in [1.54, 1.807) is 6.92 Å². The number of amides is 1. The lowest BCUT2D eigenvalue weighted by Crippen LogP contribution is -2.41. The van der Waals surface area contributed by atoms with Gasteiger partial charge in [-0.3, -0.25) is 4.79 Å². The third-order valence-corrected chi connectivity index (χ3v) is 2.63. The molecule has 1 amide bonds. The Balaban J connectivity index is 2.72. The average molecular weight is 271 g/mol. The molecule has 104 valence electrons. The molecule has 0 spiro atoms. The van der Waals surface area contributed by atoms with Crippen LogP contribution < -0.4 is 5.32 Å². The van der Waals surface area contributed by atoms with Gasteiger partial charge in [0.15, 0.2) is 0 Å². The van der Waals surface area contributed by atoms with Crippen molar-refractivity contribution in [2.75, 3.05) is 7.11 Å². The predicted molar refractivity (Wildman–Crippen MR) is 64.3 cm³/mol. The molecule has 0 unspecified atom stereocenters. The van der Waals surface area contributed by atoms with Crippen LogP contribution in [0.4, 0.5) is 8.78 Å². The SMILES string of the molecule is CC[C@@H](NC(=O)Cc1c(F)cccc1F)C(=O)OC. The number of rotatable bonds is 5. The molecule has 1 N–H and O–H groups in total. The Bertz CT molecular complexity index is 457. The molecule has 6 heteroatoms. The van der Waals surface area contributed by atoms with Gasteiger partial charge in [-0.1, -0.05) is 13.0 Å². The first-order valence-corrected chi connectivity index (χ1v) is 5.79. The molecule has 0 radical (unpaired) electrons. The Morgan fingerprint density at radius 3 is 2.37 bits per heavy atom. The van der Waals surface area contributed by atoms with Crippen LogP contribution in [0.15, 0.2) is 18.2 Å². The molecule has 0 heterocycles. The minimum Gasteiger partial charge on any atom is -0.467 e. The molecule has 0 fully saturated rings. The van der Waals surface area contributed by atoms with Crippen molar-refractivity contribution >= 4 is 11.9 Å². The van der Waals surface area contributed by atoms with Gasteiger partial charge in [-0.15, -0.1) is 0 Å². The van der Waals surface area contributed by atoms with Crippen molar-refractivity contribution in [1.29, 1.82) is 0 Å². The number of carbonyl (C=O) groups is 2. The maximum absolute atomic E-state index is 13.3. The van der Waals surface area contributed by atoms with Crippen molar-refractivity contribution in [3.05, 3.63) is 35.4 Å². The molecule has 4 nitrogen and oxygen atoms in total. The van der Waals surface area contributed by atoms with Gasteiger partial charge < -0.3 is 10.1 Å². The van der Waals surface area contributed by atoms with Crippen molar-refractivity contribution in [1.82, 2.24) is 5.32 Å². The Morgan fingerprint density at radius 2 is 1.89 bits per heavy atom. The molecular weight excluding hydrogens is 256 g/mol. The molecule has 0 saturated carbocycles. The number of esters is 1. The smallest absolute Gasteiger partial charge is 0.328 e. The summed E-state index contributed by atoms with van der Waals surface area (Å²) in [6, 6.07) is 2.55. The van der Waals surface area contributed by atoms with E-state index in [0.29, 0.717) is 6.42 Å². The third-order valence-electron chi connectivity index (χ3n) is 2.63. The lowest BCUT2D eigenvalue weighted by atomic mass is 10.1. The molecule has 0 aliphatic carbocycles. The zero-order valence-electron chi connectivity index (χ0n) is 10.7. The number of hydrogen-bond donors (Lipinski definition) is 1. The molecule has 0 aliphatic heterocycles. The van der Waals surface area contributed by atoms with Crippen molar-refractivity contribution in [2.45, 2.75) is 25.8 Å². The van der Waals surface area contributed by atoms with Crippen LogP contribution in [-0.4, -0.2) is 25.0 Å². The molecule has 0 saturated heterocycles. The molecule has 1 aromatic carbocycles. The first-order valence-electron chi connectivity index (χ1n) is 5.79.